The van der Waals surface area contributed by atoms with Gasteiger partial charge in [0.1, 0.15) is 0 Å². The van der Waals surface area contributed by atoms with Crippen molar-refractivity contribution in [1.82, 2.24) is 19.6 Å². The molecule has 0 aromatic heterocycles. The number of carbonyl (C=O) groups excluding carboxylic acids is 1. The average Bonchev–Trinajstić information content (AvgIpc) is 2.51. The highest BCUT2D eigenvalue weighted by Crippen LogP contribution is 2.06. The van der Waals surface area contributed by atoms with Gasteiger partial charge in [-0.05, 0) is 32.5 Å². The summed E-state index contributed by atoms with van der Waals surface area (Å²) in [6, 6.07) is 0. The molecule has 2 saturated heterocycles. The fraction of sp³-hybridized carbons (Fsp3) is 0.875. The molecule has 2 heterocycles. The summed E-state index contributed by atoms with van der Waals surface area (Å²) < 4.78 is 0. The van der Waals surface area contributed by atoms with Crippen LogP contribution in [0.5, 0.6) is 0 Å². The molecule has 0 spiro atoms. The number of hydrogen-bond donors (Lipinski definition) is 2. The molecule has 2 bridgehead atoms. The largest absolute Gasteiger partial charge is 0.480 e. The zero-order chi connectivity index (χ0) is 17.4. The summed E-state index contributed by atoms with van der Waals surface area (Å²) in [5.74, 6) is -1.01. The second-order valence-corrected chi connectivity index (χ2v) is 6.80. The number of amides is 1. The van der Waals surface area contributed by atoms with E-state index >= 15 is 0 Å². The molecular weight excluding hydrogens is 310 g/mol. The fourth-order valence-corrected chi connectivity index (χ4v) is 3.51. The summed E-state index contributed by atoms with van der Waals surface area (Å²) in [7, 11) is 0. The highest BCUT2D eigenvalue weighted by molar-refractivity contribution is 5.75. The van der Waals surface area contributed by atoms with Crippen LogP contribution < -0.4 is 5.73 Å². The van der Waals surface area contributed by atoms with Gasteiger partial charge >= 0.3 is 5.97 Å². The Morgan fingerprint density at radius 3 is 1.62 bits per heavy atom. The molecule has 2 aliphatic rings. The average molecular weight is 341 g/mol. The minimum Gasteiger partial charge on any atom is -0.480 e. The lowest BCUT2D eigenvalue weighted by molar-refractivity contribution is -0.138. The Hall–Kier alpha value is -1.22. The van der Waals surface area contributed by atoms with E-state index in [-0.39, 0.29) is 12.5 Å². The topological polar surface area (TPSA) is 93.4 Å². The lowest BCUT2D eigenvalue weighted by Gasteiger charge is -2.35. The van der Waals surface area contributed by atoms with Gasteiger partial charge in [-0.15, -0.1) is 0 Å². The second-order valence-electron chi connectivity index (χ2n) is 6.80. The smallest absolute Gasteiger partial charge is 0.317 e. The number of carboxylic acids is 1. The van der Waals surface area contributed by atoms with Crippen molar-refractivity contribution in [2.45, 2.75) is 12.8 Å². The van der Waals surface area contributed by atoms with E-state index in [0.29, 0.717) is 6.54 Å². The number of rotatable bonds is 4. The van der Waals surface area contributed by atoms with E-state index < -0.39 is 5.97 Å². The highest BCUT2D eigenvalue weighted by atomic mass is 16.4. The Bertz CT molecular complexity index is 383. The van der Waals surface area contributed by atoms with E-state index in [0.717, 1.165) is 78.3 Å². The molecule has 2 rings (SSSR count). The Balaban J connectivity index is 1.96. The van der Waals surface area contributed by atoms with Crippen LogP contribution in [-0.2, 0) is 9.59 Å². The SMILES string of the molecule is NC(=O)CN1CCCN2CCN(CCCN(CC(=O)O)CC2)CC1. The Kier molecular flexibility index (Phi) is 7.90. The van der Waals surface area contributed by atoms with Crippen molar-refractivity contribution in [3.05, 3.63) is 0 Å². The van der Waals surface area contributed by atoms with E-state index in [2.05, 4.69) is 14.7 Å². The van der Waals surface area contributed by atoms with Crippen LogP contribution in [0.2, 0.25) is 0 Å². The van der Waals surface area contributed by atoms with Gasteiger partial charge in [-0.1, -0.05) is 0 Å². The van der Waals surface area contributed by atoms with Gasteiger partial charge < -0.3 is 20.6 Å². The predicted octanol–water partition coefficient (Wildman–Crippen LogP) is -1.43. The Morgan fingerprint density at radius 2 is 1.17 bits per heavy atom. The van der Waals surface area contributed by atoms with Gasteiger partial charge in [0, 0.05) is 45.8 Å². The fourth-order valence-electron chi connectivity index (χ4n) is 3.51. The first kappa shape index (κ1) is 19.1. The highest BCUT2D eigenvalue weighted by Gasteiger charge is 2.19. The summed E-state index contributed by atoms with van der Waals surface area (Å²) >= 11 is 0. The van der Waals surface area contributed by atoms with Crippen molar-refractivity contribution in [3.8, 4) is 0 Å². The molecule has 1 amide bonds. The summed E-state index contributed by atoms with van der Waals surface area (Å²) in [5, 5.41) is 9.06. The molecule has 2 atom stereocenters. The number of fused-ring (bicyclic) bond motifs is 3. The number of carboxylic acid groups (broad SMARTS) is 1. The number of hydrogen-bond acceptors (Lipinski definition) is 6. The number of nitrogens with two attached hydrogens (primary N) is 1. The van der Waals surface area contributed by atoms with E-state index in [9.17, 15) is 9.59 Å². The van der Waals surface area contributed by atoms with Crippen LogP contribution in [0.1, 0.15) is 12.8 Å². The van der Waals surface area contributed by atoms with Gasteiger partial charge in [-0.2, -0.15) is 0 Å². The van der Waals surface area contributed by atoms with Gasteiger partial charge in [0.05, 0.1) is 13.1 Å². The van der Waals surface area contributed by atoms with Gasteiger partial charge in [0.15, 0.2) is 0 Å². The molecule has 2 fully saturated rings. The van der Waals surface area contributed by atoms with Crippen molar-refractivity contribution in [1.29, 1.82) is 0 Å². The van der Waals surface area contributed by atoms with Gasteiger partial charge in [-0.3, -0.25) is 19.4 Å². The molecule has 3 N–H and O–H groups in total. The van der Waals surface area contributed by atoms with Crippen molar-refractivity contribution < 1.29 is 14.7 Å². The quantitative estimate of drug-likeness (QED) is 0.648. The van der Waals surface area contributed by atoms with E-state index in [1.165, 1.54) is 0 Å². The summed E-state index contributed by atoms with van der Waals surface area (Å²) in [5.41, 5.74) is 5.36. The molecule has 2 unspecified atom stereocenters. The van der Waals surface area contributed by atoms with E-state index in [4.69, 9.17) is 10.8 Å². The van der Waals surface area contributed by atoms with Gasteiger partial charge in [0.25, 0.3) is 0 Å². The Labute approximate surface area is 144 Å². The van der Waals surface area contributed by atoms with Gasteiger partial charge in [-0.25, -0.2) is 0 Å². The van der Waals surface area contributed by atoms with Crippen molar-refractivity contribution in [2.75, 3.05) is 78.5 Å². The molecular formula is C16H31N5O3. The first-order chi connectivity index (χ1) is 11.5. The van der Waals surface area contributed by atoms with Gasteiger partial charge in [0.2, 0.25) is 5.91 Å². The summed E-state index contributed by atoms with van der Waals surface area (Å²) in [4.78, 5) is 31.3. The van der Waals surface area contributed by atoms with Crippen LogP contribution in [0.3, 0.4) is 0 Å². The Morgan fingerprint density at radius 1 is 0.708 bits per heavy atom. The van der Waals surface area contributed by atoms with Crippen LogP contribution >= 0.6 is 0 Å². The molecule has 2 aliphatic heterocycles. The molecule has 0 aromatic carbocycles. The zero-order valence-electron chi connectivity index (χ0n) is 14.5. The number of aliphatic carboxylic acids is 1. The van der Waals surface area contributed by atoms with E-state index in [1.807, 2.05) is 4.90 Å². The maximum absolute atomic E-state index is 11.2. The predicted molar refractivity (Wildman–Crippen MR) is 91.8 cm³/mol. The third-order valence-corrected chi connectivity index (χ3v) is 4.83. The molecule has 0 saturated carbocycles. The number of nitrogens with zero attached hydrogens (tertiary/aromatic N) is 4. The van der Waals surface area contributed by atoms with Crippen LogP contribution in [0.15, 0.2) is 0 Å². The maximum Gasteiger partial charge on any atom is 0.317 e. The molecule has 8 heteroatoms. The van der Waals surface area contributed by atoms with Crippen molar-refractivity contribution in [3.63, 3.8) is 0 Å². The van der Waals surface area contributed by atoms with Crippen LogP contribution in [0.25, 0.3) is 0 Å². The maximum atomic E-state index is 11.2. The standard InChI is InChI=1S/C16H31N5O3/c17-15(22)13-20-5-1-3-19-8-7-18(9-11-20)4-2-6-21(12-10-19)14-16(23)24/h1-14H2,(H2,17,22)(H,23,24). The molecule has 138 valence electrons. The molecule has 8 nitrogen and oxygen atoms in total. The van der Waals surface area contributed by atoms with Crippen LogP contribution in [-0.4, -0.2) is 115 Å². The molecule has 0 aromatic rings. The molecule has 0 radical (unpaired) electrons. The third kappa shape index (κ3) is 7.12. The van der Waals surface area contributed by atoms with E-state index in [1.54, 1.807) is 0 Å². The molecule has 0 aliphatic carbocycles. The first-order valence-electron chi connectivity index (χ1n) is 8.92. The molecule has 24 heavy (non-hydrogen) atoms. The monoisotopic (exact) mass is 341 g/mol. The lowest BCUT2D eigenvalue weighted by Crippen LogP contribution is -2.48. The second kappa shape index (κ2) is 9.93. The normalized spacial score (nSPS) is 28.3. The number of carbonyl (C=O) groups is 2. The first-order valence-corrected chi connectivity index (χ1v) is 8.92. The van der Waals surface area contributed by atoms with Crippen LogP contribution in [0.4, 0.5) is 0 Å². The minimum absolute atomic E-state index is 0.125. The number of primary amides is 1. The lowest BCUT2D eigenvalue weighted by atomic mass is 10.2. The summed E-state index contributed by atoms with van der Waals surface area (Å²) in [6.07, 6.45) is 1.98. The minimum atomic E-state index is -0.751. The zero-order valence-corrected chi connectivity index (χ0v) is 14.5. The summed E-state index contributed by atoms with van der Waals surface area (Å²) in [6.45, 7) is 9.66. The third-order valence-electron chi connectivity index (χ3n) is 4.83. The van der Waals surface area contributed by atoms with Crippen LogP contribution in [0, 0.1) is 0 Å². The van der Waals surface area contributed by atoms with Crippen molar-refractivity contribution in [2.24, 2.45) is 5.73 Å². The van der Waals surface area contributed by atoms with Crippen molar-refractivity contribution >= 4 is 11.9 Å².